The molecule has 2 atom stereocenters. The second-order valence-electron chi connectivity index (χ2n) is 4.40. The molecule has 0 aliphatic carbocycles. The van der Waals surface area contributed by atoms with Crippen molar-refractivity contribution in [2.45, 2.75) is 38.3 Å². The number of hydrogen-bond acceptors (Lipinski definition) is 3. The summed E-state index contributed by atoms with van der Waals surface area (Å²) < 4.78 is 0. The van der Waals surface area contributed by atoms with Gasteiger partial charge in [-0.05, 0) is 38.1 Å². The van der Waals surface area contributed by atoms with Crippen molar-refractivity contribution in [3.05, 3.63) is 35.0 Å². The molecule has 3 heteroatoms. The summed E-state index contributed by atoms with van der Waals surface area (Å²) >= 11 is 1.59. The van der Waals surface area contributed by atoms with Gasteiger partial charge in [0.1, 0.15) is 5.60 Å². The molecule has 16 heavy (non-hydrogen) atoms. The van der Waals surface area contributed by atoms with E-state index in [0.29, 0.717) is 12.6 Å². The molecule has 1 rings (SSSR count). The third-order valence-electron chi connectivity index (χ3n) is 2.65. The van der Waals surface area contributed by atoms with Crippen molar-refractivity contribution < 1.29 is 5.11 Å². The normalized spacial score (nSPS) is 16.7. The zero-order chi connectivity index (χ0) is 12.0. The number of hydrogen-bond donors (Lipinski definition) is 2. The minimum absolute atomic E-state index is 0.407. The van der Waals surface area contributed by atoms with Crippen molar-refractivity contribution >= 4 is 11.3 Å². The molecule has 1 heterocycles. The Kier molecular flexibility index (Phi) is 5.19. The van der Waals surface area contributed by atoms with Gasteiger partial charge in [0, 0.05) is 17.5 Å². The van der Waals surface area contributed by atoms with Crippen LogP contribution in [0.4, 0.5) is 0 Å². The minimum atomic E-state index is -0.767. The largest absolute Gasteiger partial charge is 0.383 e. The van der Waals surface area contributed by atoms with Gasteiger partial charge in [-0.1, -0.05) is 12.1 Å². The lowest BCUT2D eigenvalue weighted by Gasteiger charge is -2.24. The molecule has 0 spiro atoms. The fourth-order valence-electron chi connectivity index (χ4n) is 1.52. The highest BCUT2D eigenvalue weighted by Crippen LogP contribution is 2.24. The summed E-state index contributed by atoms with van der Waals surface area (Å²) in [5, 5.41) is 15.6. The average molecular weight is 239 g/mol. The number of aliphatic hydroxyl groups is 1. The van der Waals surface area contributed by atoms with Crippen LogP contribution in [-0.2, 0) is 5.60 Å². The highest BCUT2D eigenvalue weighted by atomic mass is 32.1. The van der Waals surface area contributed by atoms with Crippen LogP contribution in [0.25, 0.3) is 0 Å². The lowest BCUT2D eigenvalue weighted by atomic mass is 10.0. The summed E-state index contributed by atoms with van der Waals surface area (Å²) in [5.41, 5.74) is -0.767. The third-order valence-corrected chi connectivity index (χ3v) is 3.77. The number of allylic oxidation sites excluding steroid dienone is 1. The van der Waals surface area contributed by atoms with E-state index in [4.69, 9.17) is 0 Å². The molecule has 0 radical (unpaired) electrons. The zero-order valence-corrected chi connectivity index (χ0v) is 10.9. The fourth-order valence-corrected chi connectivity index (χ4v) is 2.30. The van der Waals surface area contributed by atoms with E-state index in [0.717, 1.165) is 17.7 Å². The minimum Gasteiger partial charge on any atom is -0.383 e. The standard InChI is InChI=1S/C13H21NOS/c1-4-5-7-11(2)14-10-13(3,15)12-8-6-9-16-12/h4,6,8-9,11,14-15H,1,5,7,10H2,2-3H3. The van der Waals surface area contributed by atoms with E-state index in [-0.39, 0.29) is 0 Å². The van der Waals surface area contributed by atoms with Crippen molar-refractivity contribution in [2.24, 2.45) is 0 Å². The Morgan fingerprint density at radius 1 is 1.69 bits per heavy atom. The fraction of sp³-hybridized carbons (Fsp3) is 0.538. The van der Waals surface area contributed by atoms with Crippen molar-refractivity contribution in [1.82, 2.24) is 5.32 Å². The van der Waals surface area contributed by atoms with Crippen LogP contribution in [0.2, 0.25) is 0 Å². The molecule has 0 saturated carbocycles. The summed E-state index contributed by atoms with van der Waals surface area (Å²) in [4.78, 5) is 1.01. The summed E-state index contributed by atoms with van der Waals surface area (Å²) in [6.45, 7) is 8.28. The average Bonchev–Trinajstić information content (AvgIpc) is 2.77. The van der Waals surface area contributed by atoms with Crippen LogP contribution in [0.1, 0.15) is 31.6 Å². The van der Waals surface area contributed by atoms with Gasteiger partial charge in [-0.25, -0.2) is 0 Å². The number of thiophene rings is 1. The van der Waals surface area contributed by atoms with Crippen molar-refractivity contribution in [1.29, 1.82) is 0 Å². The Bertz CT molecular complexity index is 306. The van der Waals surface area contributed by atoms with Crippen molar-refractivity contribution in [3.8, 4) is 0 Å². The first-order valence-electron chi connectivity index (χ1n) is 5.67. The van der Waals surface area contributed by atoms with E-state index in [9.17, 15) is 5.11 Å². The maximum atomic E-state index is 10.3. The van der Waals surface area contributed by atoms with Crippen LogP contribution >= 0.6 is 11.3 Å². The second kappa shape index (κ2) is 6.18. The van der Waals surface area contributed by atoms with Gasteiger partial charge in [0.15, 0.2) is 0 Å². The van der Waals surface area contributed by atoms with E-state index in [1.807, 2.05) is 30.5 Å². The lowest BCUT2D eigenvalue weighted by molar-refractivity contribution is 0.0578. The monoisotopic (exact) mass is 239 g/mol. The molecule has 2 nitrogen and oxygen atoms in total. The highest BCUT2D eigenvalue weighted by molar-refractivity contribution is 7.10. The van der Waals surface area contributed by atoms with Gasteiger partial charge in [-0.3, -0.25) is 0 Å². The lowest BCUT2D eigenvalue weighted by Crippen LogP contribution is -2.39. The maximum absolute atomic E-state index is 10.3. The quantitative estimate of drug-likeness (QED) is 0.717. The first kappa shape index (κ1) is 13.4. The number of nitrogens with one attached hydrogen (secondary N) is 1. The Labute approximate surface area is 102 Å². The summed E-state index contributed by atoms with van der Waals surface area (Å²) in [6, 6.07) is 4.35. The van der Waals surface area contributed by atoms with Crippen LogP contribution in [-0.4, -0.2) is 17.7 Å². The van der Waals surface area contributed by atoms with Crippen LogP contribution in [0.3, 0.4) is 0 Å². The van der Waals surface area contributed by atoms with E-state index in [2.05, 4.69) is 18.8 Å². The predicted molar refractivity (Wildman–Crippen MR) is 70.8 cm³/mol. The first-order chi connectivity index (χ1) is 7.56. The van der Waals surface area contributed by atoms with Gasteiger partial charge in [0.05, 0.1) is 0 Å². The zero-order valence-electron chi connectivity index (χ0n) is 10.1. The number of rotatable bonds is 7. The van der Waals surface area contributed by atoms with Crippen LogP contribution in [0, 0.1) is 0 Å². The van der Waals surface area contributed by atoms with Crippen LogP contribution < -0.4 is 5.32 Å². The molecule has 1 aromatic heterocycles. The van der Waals surface area contributed by atoms with Gasteiger partial charge in [-0.15, -0.1) is 17.9 Å². The molecule has 90 valence electrons. The maximum Gasteiger partial charge on any atom is 0.108 e. The Morgan fingerprint density at radius 2 is 2.44 bits per heavy atom. The van der Waals surface area contributed by atoms with E-state index >= 15 is 0 Å². The molecule has 2 N–H and O–H groups in total. The van der Waals surface area contributed by atoms with Gasteiger partial charge in [-0.2, -0.15) is 0 Å². The smallest absolute Gasteiger partial charge is 0.108 e. The Balaban J connectivity index is 2.39. The molecule has 1 aromatic rings. The van der Waals surface area contributed by atoms with Gasteiger partial charge >= 0.3 is 0 Å². The molecule has 0 amide bonds. The SMILES string of the molecule is C=CCCC(C)NCC(C)(O)c1cccs1. The molecule has 0 aromatic carbocycles. The van der Waals surface area contributed by atoms with Gasteiger partial charge < -0.3 is 10.4 Å². The Morgan fingerprint density at radius 3 is 3.00 bits per heavy atom. The molecule has 2 unspecified atom stereocenters. The summed E-state index contributed by atoms with van der Waals surface area (Å²) in [7, 11) is 0. The predicted octanol–water partition coefficient (Wildman–Crippen LogP) is 2.90. The molecule has 0 saturated heterocycles. The van der Waals surface area contributed by atoms with E-state index < -0.39 is 5.60 Å². The van der Waals surface area contributed by atoms with Gasteiger partial charge in [0.25, 0.3) is 0 Å². The summed E-state index contributed by atoms with van der Waals surface area (Å²) in [5.74, 6) is 0. The van der Waals surface area contributed by atoms with E-state index in [1.165, 1.54) is 0 Å². The molecule has 0 aliphatic rings. The van der Waals surface area contributed by atoms with Crippen LogP contribution in [0.5, 0.6) is 0 Å². The van der Waals surface area contributed by atoms with Gasteiger partial charge in [0.2, 0.25) is 0 Å². The highest BCUT2D eigenvalue weighted by Gasteiger charge is 2.24. The van der Waals surface area contributed by atoms with Crippen molar-refractivity contribution in [2.75, 3.05) is 6.54 Å². The molecule has 0 bridgehead atoms. The van der Waals surface area contributed by atoms with E-state index in [1.54, 1.807) is 11.3 Å². The second-order valence-corrected chi connectivity index (χ2v) is 5.35. The molecular formula is C13H21NOS. The van der Waals surface area contributed by atoms with Crippen LogP contribution in [0.15, 0.2) is 30.2 Å². The Hall–Kier alpha value is -0.640. The topological polar surface area (TPSA) is 32.3 Å². The first-order valence-corrected chi connectivity index (χ1v) is 6.55. The summed E-state index contributed by atoms with van der Waals surface area (Å²) in [6.07, 6.45) is 3.99. The molecule has 0 fully saturated rings. The molecule has 0 aliphatic heterocycles. The molecular weight excluding hydrogens is 218 g/mol. The third kappa shape index (κ3) is 4.08. The van der Waals surface area contributed by atoms with Crippen molar-refractivity contribution in [3.63, 3.8) is 0 Å².